The van der Waals surface area contributed by atoms with Gasteiger partial charge in [-0.25, -0.2) is 4.98 Å². The molecule has 0 aliphatic heterocycles. The van der Waals surface area contributed by atoms with E-state index < -0.39 is 11.7 Å². The van der Waals surface area contributed by atoms with Gasteiger partial charge in [0.05, 0.1) is 5.56 Å². The quantitative estimate of drug-likeness (QED) is 0.827. The Morgan fingerprint density at radius 1 is 1.00 bits per heavy atom. The van der Waals surface area contributed by atoms with Crippen LogP contribution in [0.4, 0.5) is 19.0 Å². The summed E-state index contributed by atoms with van der Waals surface area (Å²) in [5.41, 5.74) is 5.11. The molecule has 0 fully saturated rings. The van der Waals surface area contributed by atoms with E-state index in [4.69, 9.17) is 5.73 Å². The molecule has 2 rings (SSSR count). The minimum absolute atomic E-state index is 0.0689. The van der Waals surface area contributed by atoms with Crippen molar-refractivity contribution in [3.63, 3.8) is 0 Å². The number of aromatic nitrogens is 1. The number of pyridine rings is 1. The first-order valence-electron chi connectivity index (χ1n) is 4.87. The van der Waals surface area contributed by atoms with Crippen molar-refractivity contribution in [2.45, 2.75) is 6.18 Å². The van der Waals surface area contributed by atoms with Crippen molar-refractivity contribution in [1.29, 1.82) is 0 Å². The highest BCUT2D eigenvalue weighted by atomic mass is 19.4. The Kier molecular flexibility index (Phi) is 2.75. The van der Waals surface area contributed by atoms with Crippen LogP contribution < -0.4 is 5.73 Å². The normalized spacial score (nSPS) is 11.5. The van der Waals surface area contributed by atoms with Gasteiger partial charge in [0.2, 0.25) is 0 Å². The molecule has 0 unspecified atom stereocenters. The summed E-state index contributed by atoms with van der Waals surface area (Å²) >= 11 is 0. The first kappa shape index (κ1) is 11.4. The van der Waals surface area contributed by atoms with Crippen LogP contribution in [0.2, 0.25) is 0 Å². The zero-order valence-corrected chi connectivity index (χ0v) is 8.70. The van der Waals surface area contributed by atoms with Gasteiger partial charge in [-0.2, -0.15) is 13.2 Å². The third kappa shape index (κ3) is 2.22. The van der Waals surface area contributed by atoms with Crippen LogP contribution in [0.3, 0.4) is 0 Å². The molecular weight excluding hydrogens is 229 g/mol. The van der Waals surface area contributed by atoms with Crippen LogP contribution >= 0.6 is 0 Å². The summed E-state index contributed by atoms with van der Waals surface area (Å²) in [5, 5.41) is 0. The Bertz CT molecular complexity index is 521. The van der Waals surface area contributed by atoms with E-state index in [0.29, 0.717) is 5.56 Å². The minimum atomic E-state index is -4.44. The van der Waals surface area contributed by atoms with Crippen LogP contribution in [-0.4, -0.2) is 4.98 Å². The molecule has 2 nitrogen and oxygen atoms in total. The molecular formula is C12H9F3N2. The van der Waals surface area contributed by atoms with Gasteiger partial charge in [-0.15, -0.1) is 0 Å². The molecule has 0 saturated heterocycles. The van der Waals surface area contributed by atoms with Crippen molar-refractivity contribution in [3.05, 3.63) is 48.2 Å². The first-order valence-corrected chi connectivity index (χ1v) is 4.87. The van der Waals surface area contributed by atoms with E-state index in [2.05, 4.69) is 4.98 Å². The van der Waals surface area contributed by atoms with Gasteiger partial charge < -0.3 is 5.73 Å². The Balaban J connectivity index is 2.69. The Hall–Kier alpha value is -2.04. The standard InChI is InChI=1S/C12H9F3N2/c13-12(14,15)9-6-7-17-11(16)10(9)8-4-2-1-3-5-8/h1-7H,(H2,16,17). The molecule has 5 heteroatoms. The molecule has 1 aromatic heterocycles. The highest BCUT2D eigenvalue weighted by Gasteiger charge is 2.34. The van der Waals surface area contributed by atoms with Gasteiger partial charge in [-0.1, -0.05) is 30.3 Å². The fourth-order valence-electron chi connectivity index (χ4n) is 1.62. The van der Waals surface area contributed by atoms with Crippen molar-refractivity contribution in [1.82, 2.24) is 4.98 Å². The number of rotatable bonds is 1. The number of anilines is 1. The van der Waals surface area contributed by atoms with Crippen molar-refractivity contribution in [2.24, 2.45) is 0 Å². The second-order valence-corrected chi connectivity index (χ2v) is 3.48. The summed E-state index contributed by atoms with van der Waals surface area (Å²) in [5.74, 6) is -0.119. The first-order chi connectivity index (χ1) is 8.00. The maximum atomic E-state index is 12.8. The zero-order valence-electron chi connectivity index (χ0n) is 8.70. The monoisotopic (exact) mass is 238 g/mol. The van der Waals surface area contributed by atoms with Crippen molar-refractivity contribution >= 4 is 5.82 Å². The SMILES string of the molecule is Nc1nccc(C(F)(F)F)c1-c1ccccc1. The number of benzene rings is 1. The van der Waals surface area contributed by atoms with Crippen LogP contribution in [0.15, 0.2) is 42.6 Å². The molecule has 2 aromatic rings. The second kappa shape index (κ2) is 4.08. The lowest BCUT2D eigenvalue weighted by Gasteiger charge is -2.14. The molecule has 1 heterocycles. The van der Waals surface area contributed by atoms with Crippen molar-refractivity contribution in [3.8, 4) is 11.1 Å². The van der Waals surface area contributed by atoms with Gasteiger partial charge in [0.15, 0.2) is 0 Å². The number of nitrogen functional groups attached to an aromatic ring is 1. The number of hydrogen-bond donors (Lipinski definition) is 1. The van der Waals surface area contributed by atoms with Gasteiger partial charge in [0.25, 0.3) is 0 Å². The van der Waals surface area contributed by atoms with Gasteiger partial charge >= 0.3 is 6.18 Å². The van der Waals surface area contributed by atoms with E-state index >= 15 is 0 Å². The predicted octanol–water partition coefficient (Wildman–Crippen LogP) is 3.35. The average molecular weight is 238 g/mol. The number of nitrogens with two attached hydrogens (primary N) is 1. The van der Waals surface area contributed by atoms with Gasteiger partial charge in [-0.05, 0) is 11.6 Å². The van der Waals surface area contributed by atoms with E-state index in [9.17, 15) is 13.2 Å². The largest absolute Gasteiger partial charge is 0.417 e. The maximum absolute atomic E-state index is 12.8. The third-order valence-corrected chi connectivity index (χ3v) is 2.35. The Morgan fingerprint density at radius 2 is 1.65 bits per heavy atom. The van der Waals surface area contributed by atoms with Crippen molar-refractivity contribution in [2.75, 3.05) is 5.73 Å². The fraction of sp³-hybridized carbons (Fsp3) is 0.0833. The third-order valence-electron chi connectivity index (χ3n) is 2.35. The summed E-state index contributed by atoms with van der Waals surface area (Å²) < 4.78 is 38.5. The molecule has 0 bridgehead atoms. The fourth-order valence-corrected chi connectivity index (χ4v) is 1.62. The molecule has 0 amide bonds. The van der Waals surface area contributed by atoms with Crippen LogP contribution in [0.1, 0.15) is 5.56 Å². The highest BCUT2D eigenvalue weighted by molar-refractivity contribution is 5.77. The summed E-state index contributed by atoms with van der Waals surface area (Å²) in [7, 11) is 0. The highest BCUT2D eigenvalue weighted by Crippen LogP contribution is 2.38. The van der Waals surface area contributed by atoms with Gasteiger partial charge in [-0.3, -0.25) is 0 Å². The summed E-state index contributed by atoms with van der Waals surface area (Å²) in [4.78, 5) is 3.71. The minimum Gasteiger partial charge on any atom is -0.383 e. The number of nitrogens with zero attached hydrogens (tertiary/aromatic N) is 1. The van der Waals surface area contributed by atoms with Crippen molar-refractivity contribution < 1.29 is 13.2 Å². The lowest BCUT2D eigenvalue weighted by Crippen LogP contribution is -2.09. The van der Waals surface area contributed by atoms with E-state index in [1.807, 2.05) is 0 Å². The Labute approximate surface area is 95.9 Å². The molecule has 1 aromatic carbocycles. The maximum Gasteiger partial charge on any atom is 0.417 e. The van der Waals surface area contributed by atoms with E-state index in [-0.39, 0.29) is 11.4 Å². The zero-order chi connectivity index (χ0) is 12.5. The predicted molar refractivity (Wildman–Crippen MR) is 59.1 cm³/mol. The molecule has 0 radical (unpaired) electrons. The van der Waals surface area contributed by atoms with Gasteiger partial charge in [0.1, 0.15) is 5.82 Å². The second-order valence-electron chi connectivity index (χ2n) is 3.48. The lowest BCUT2D eigenvalue weighted by atomic mass is 10.0. The van der Waals surface area contributed by atoms with Crippen LogP contribution in [0, 0.1) is 0 Å². The molecule has 0 saturated carbocycles. The molecule has 0 spiro atoms. The van der Waals surface area contributed by atoms with E-state index in [0.717, 1.165) is 12.3 Å². The Morgan fingerprint density at radius 3 is 2.24 bits per heavy atom. The smallest absolute Gasteiger partial charge is 0.383 e. The average Bonchev–Trinajstić information content (AvgIpc) is 2.28. The molecule has 0 aliphatic rings. The molecule has 88 valence electrons. The molecule has 0 atom stereocenters. The summed E-state index contributed by atoms with van der Waals surface area (Å²) in [6.45, 7) is 0. The lowest BCUT2D eigenvalue weighted by molar-refractivity contribution is -0.137. The molecule has 0 aliphatic carbocycles. The van der Waals surface area contributed by atoms with Gasteiger partial charge in [0, 0.05) is 11.8 Å². The van der Waals surface area contributed by atoms with Crippen LogP contribution in [0.5, 0.6) is 0 Å². The number of alkyl halides is 3. The number of hydrogen-bond acceptors (Lipinski definition) is 2. The number of halogens is 3. The molecule has 17 heavy (non-hydrogen) atoms. The van der Waals surface area contributed by atoms with E-state index in [1.54, 1.807) is 30.3 Å². The summed E-state index contributed by atoms with van der Waals surface area (Å²) in [6.07, 6.45) is -3.38. The van der Waals surface area contributed by atoms with E-state index in [1.165, 1.54) is 0 Å². The summed E-state index contributed by atoms with van der Waals surface area (Å²) in [6, 6.07) is 9.11. The van der Waals surface area contributed by atoms with Crippen LogP contribution in [0.25, 0.3) is 11.1 Å². The topological polar surface area (TPSA) is 38.9 Å². The molecule has 2 N–H and O–H groups in total. The van der Waals surface area contributed by atoms with Crippen LogP contribution in [-0.2, 0) is 6.18 Å².